The molecule has 1 aromatic rings. The summed E-state index contributed by atoms with van der Waals surface area (Å²) in [6.07, 6.45) is 0.292. The van der Waals surface area contributed by atoms with E-state index in [9.17, 15) is 9.59 Å². The molecule has 98 valence electrons. The van der Waals surface area contributed by atoms with Crippen LogP contribution >= 0.6 is 11.6 Å². The van der Waals surface area contributed by atoms with E-state index in [1.54, 1.807) is 6.07 Å². The molecule has 0 bridgehead atoms. The van der Waals surface area contributed by atoms with Gasteiger partial charge in [-0.05, 0) is 19.1 Å². The van der Waals surface area contributed by atoms with Crippen molar-refractivity contribution >= 4 is 29.3 Å². The first-order valence-corrected chi connectivity index (χ1v) is 5.82. The summed E-state index contributed by atoms with van der Waals surface area (Å²) in [6.45, 7) is 2.80. The Balaban J connectivity index is 2.55. The topological polar surface area (TPSA) is 91.3 Å². The average Bonchev–Trinajstić information content (AvgIpc) is 2.31. The number of carbonyl (C=O) groups excluding carboxylic acids is 1. The minimum atomic E-state index is -1.19. The summed E-state index contributed by atoms with van der Waals surface area (Å²) in [5.74, 6) is -0.883. The number of aromatic nitrogens is 1. The van der Waals surface area contributed by atoms with Gasteiger partial charge in [0.15, 0.2) is 5.69 Å². The van der Waals surface area contributed by atoms with E-state index in [1.807, 2.05) is 6.92 Å². The summed E-state index contributed by atoms with van der Waals surface area (Å²) >= 11 is 5.68. The van der Waals surface area contributed by atoms with Crippen LogP contribution in [0.15, 0.2) is 12.1 Å². The zero-order valence-corrected chi connectivity index (χ0v) is 10.6. The molecule has 1 aromatic heterocycles. The largest absolute Gasteiger partial charge is 0.476 e. The number of rotatable bonds is 6. The number of carboxylic acid groups (broad SMARTS) is 1. The van der Waals surface area contributed by atoms with Gasteiger partial charge in [-0.1, -0.05) is 11.6 Å². The van der Waals surface area contributed by atoms with Crippen molar-refractivity contribution in [1.29, 1.82) is 0 Å². The minimum absolute atomic E-state index is 0.0718. The maximum Gasteiger partial charge on any atom is 0.356 e. The first-order valence-electron chi connectivity index (χ1n) is 5.45. The molecule has 0 unspecified atom stereocenters. The zero-order valence-electron chi connectivity index (χ0n) is 9.86. The summed E-state index contributed by atoms with van der Waals surface area (Å²) in [7, 11) is 0. The number of nitrogens with one attached hydrogen (secondary N) is 2. The number of carbonyl (C=O) groups is 2. The van der Waals surface area contributed by atoms with Crippen molar-refractivity contribution < 1.29 is 14.7 Å². The number of halogens is 1. The Morgan fingerprint density at radius 3 is 2.78 bits per heavy atom. The molecule has 6 nitrogen and oxygen atoms in total. The first kappa shape index (κ1) is 14.2. The highest BCUT2D eigenvalue weighted by molar-refractivity contribution is 6.33. The molecule has 18 heavy (non-hydrogen) atoms. The van der Waals surface area contributed by atoms with E-state index in [4.69, 9.17) is 16.7 Å². The van der Waals surface area contributed by atoms with E-state index in [0.717, 1.165) is 0 Å². The monoisotopic (exact) mass is 271 g/mol. The third-order valence-electron chi connectivity index (χ3n) is 2.08. The summed E-state index contributed by atoms with van der Waals surface area (Å²) < 4.78 is 0. The van der Waals surface area contributed by atoms with Crippen molar-refractivity contribution in [3.8, 4) is 0 Å². The van der Waals surface area contributed by atoms with Crippen LogP contribution < -0.4 is 10.6 Å². The molecule has 1 amide bonds. The molecule has 0 saturated carbocycles. The third kappa shape index (κ3) is 4.21. The second kappa shape index (κ2) is 6.80. The predicted molar refractivity (Wildman–Crippen MR) is 68.0 cm³/mol. The van der Waals surface area contributed by atoms with Crippen LogP contribution in [0.2, 0.25) is 5.02 Å². The Labute approximate surface area is 109 Å². The van der Waals surface area contributed by atoms with Gasteiger partial charge in [0.1, 0.15) is 5.82 Å². The van der Waals surface area contributed by atoms with Gasteiger partial charge >= 0.3 is 5.97 Å². The lowest BCUT2D eigenvalue weighted by molar-refractivity contribution is -0.120. The fourth-order valence-electron chi connectivity index (χ4n) is 1.28. The predicted octanol–water partition coefficient (Wildman–Crippen LogP) is 1.37. The Kier molecular flexibility index (Phi) is 5.38. The van der Waals surface area contributed by atoms with Crippen LogP contribution in [-0.4, -0.2) is 35.1 Å². The van der Waals surface area contributed by atoms with E-state index in [2.05, 4.69) is 15.6 Å². The SMILES string of the molecule is CCNC(=O)CCNc1ccc(Cl)c(C(=O)O)n1. The molecule has 0 aromatic carbocycles. The molecule has 0 atom stereocenters. The second-order valence-corrected chi connectivity index (χ2v) is 3.87. The normalized spacial score (nSPS) is 9.89. The van der Waals surface area contributed by atoms with Crippen molar-refractivity contribution in [2.75, 3.05) is 18.4 Å². The second-order valence-electron chi connectivity index (χ2n) is 3.46. The fraction of sp³-hybridized carbons (Fsp3) is 0.364. The summed E-state index contributed by atoms with van der Waals surface area (Å²) in [4.78, 5) is 25.8. The summed E-state index contributed by atoms with van der Waals surface area (Å²) in [5, 5.41) is 14.4. The Hall–Kier alpha value is -1.82. The fourth-order valence-corrected chi connectivity index (χ4v) is 1.47. The highest BCUT2D eigenvalue weighted by Crippen LogP contribution is 2.16. The molecule has 7 heteroatoms. The number of anilines is 1. The van der Waals surface area contributed by atoms with E-state index in [-0.39, 0.29) is 16.6 Å². The standard InChI is InChI=1S/C11H14ClN3O3/c1-2-13-9(16)5-6-14-8-4-3-7(12)10(15-8)11(17)18/h3-4H,2,5-6H2,1H3,(H,13,16)(H,14,15)(H,17,18). The smallest absolute Gasteiger partial charge is 0.356 e. The van der Waals surface area contributed by atoms with Crippen LogP contribution in [0, 0.1) is 0 Å². The van der Waals surface area contributed by atoms with Gasteiger partial charge in [-0.15, -0.1) is 0 Å². The molecule has 0 saturated heterocycles. The van der Waals surface area contributed by atoms with Crippen LogP contribution in [0.25, 0.3) is 0 Å². The third-order valence-corrected chi connectivity index (χ3v) is 2.39. The van der Waals surface area contributed by atoms with Crippen molar-refractivity contribution in [1.82, 2.24) is 10.3 Å². The molecule has 0 aliphatic carbocycles. The molecular weight excluding hydrogens is 258 g/mol. The summed E-state index contributed by atoms with van der Waals surface area (Å²) in [6, 6.07) is 3.01. The first-order chi connectivity index (χ1) is 8.54. The lowest BCUT2D eigenvalue weighted by atomic mass is 10.3. The van der Waals surface area contributed by atoms with Crippen LogP contribution in [-0.2, 0) is 4.79 Å². The van der Waals surface area contributed by atoms with Crippen LogP contribution in [0.3, 0.4) is 0 Å². The number of nitrogens with zero attached hydrogens (tertiary/aromatic N) is 1. The molecule has 1 heterocycles. The number of aromatic carboxylic acids is 1. The molecule has 1 rings (SSSR count). The van der Waals surface area contributed by atoms with Gasteiger partial charge in [-0.2, -0.15) is 0 Å². The van der Waals surface area contributed by atoms with Gasteiger partial charge < -0.3 is 15.7 Å². The van der Waals surface area contributed by atoms with Gasteiger partial charge in [0.05, 0.1) is 5.02 Å². The minimum Gasteiger partial charge on any atom is -0.476 e. The number of carboxylic acids is 1. The number of amides is 1. The zero-order chi connectivity index (χ0) is 13.5. The molecular formula is C11H14ClN3O3. The number of hydrogen-bond donors (Lipinski definition) is 3. The van der Waals surface area contributed by atoms with E-state index < -0.39 is 5.97 Å². The van der Waals surface area contributed by atoms with Crippen LogP contribution in [0.4, 0.5) is 5.82 Å². The van der Waals surface area contributed by atoms with Crippen LogP contribution in [0.5, 0.6) is 0 Å². The molecule has 3 N–H and O–H groups in total. The van der Waals surface area contributed by atoms with Gasteiger partial charge in [0, 0.05) is 19.5 Å². The maximum absolute atomic E-state index is 11.2. The quantitative estimate of drug-likeness (QED) is 0.727. The van der Waals surface area contributed by atoms with E-state index in [1.165, 1.54) is 6.07 Å². The highest BCUT2D eigenvalue weighted by atomic mass is 35.5. The highest BCUT2D eigenvalue weighted by Gasteiger charge is 2.11. The molecule has 0 aliphatic heterocycles. The van der Waals surface area contributed by atoms with Gasteiger partial charge in [0.2, 0.25) is 5.91 Å². The van der Waals surface area contributed by atoms with Crippen LogP contribution in [0.1, 0.15) is 23.8 Å². The average molecular weight is 272 g/mol. The van der Waals surface area contributed by atoms with Crippen molar-refractivity contribution in [3.05, 3.63) is 22.8 Å². The van der Waals surface area contributed by atoms with Gasteiger partial charge in [-0.25, -0.2) is 9.78 Å². The Bertz CT molecular complexity index is 451. The number of pyridine rings is 1. The lowest BCUT2D eigenvalue weighted by Crippen LogP contribution is -2.24. The van der Waals surface area contributed by atoms with Crippen molar-refractivity contribution in [2.45, 2.75) is 13.3 Å². The molecule has 0 aliphatic rings. The molecule has 0 radical (unpaired) electrons. The van der Waals surface area contributed by atoms with Crippen molar-refractivity contribution in [2.24, 2.45) is 0 Å². The van der Waals surface area contributed by atoms with Crippen molar-refractivity contribution in [3.63, 3.8) is 0 Å². The Morgan fingerprint density at radius 2 is 2.17 bits per heavy atom. The number of hydrogen-bond acceptors (Lipinski definition) is 4. The van der Waals surface area contributed by atoms with Gasteiger partial charge in [-0.3, -0.25) is 4.79 Å². The Morgan fingerprint density at radius 1 is 1.44 bits per heavy atom. The van der Waals surface area contributed by atoms with E-state index >= 15 is 0 Å². The summed E-state index contributed by atoms with van der Waals surface area (Å²) in [5.41, 5.74) is -0.209. The maximum atomic E-state index is 11.2. The lowest BCUT2D eigenvalue weighted by Gasteiger charge is -2.07. The molecule has 0 spiro atoms. The van der Waals surface area contributed by atoms with E-state index in [0.29, 0.717) is 25.3 Å². The molecule has 0 fully saturated rings. The van der Waals surface area contributed by atoms with Gasteiger partial charge in [0.25, 0.3) is 0 Å².